The van der Waals surface area contributed by atoms with Crippen molar-refractivity contribution in [1.29, 1.82) is 0 Å². The van der Waals surface area contributed by atoms with Gasteiger partial charge in [-0.15, -0.1) is 0 Å². The highest BCUT2D eigenvalue weighted by Gasteiger charge is 2.34. The van der Waals surface area contributed by atoms with E-state index in [-0.39, 0.29) is 12.6 Å². The average molecular weight is 540 g/mol. The van der Waals surface area contributed by atoms with Gasteiger partial charge in [0.15, 0.2) is 0 Å². The second kappa shape index (κ2) is 11.6. The fourth-order valence-corrected chi connectivity index (χ4v) is 5.14. The number of hydrogen-bond acceptors (Lipinski definition) is 7. The van der Waals surface area contributed by atoms with Gasteiger partial charge in [0, 0.05) is 44.0 Å². The third-order valence-electron chi connectivity index (χ3n) is 6.91. The number of halogens is 1. The first kappa shape index (κ1) is 28.3. The molecule has 3 N–H and O–H groups in total. The third kappa shape index (κ3) is 6.84. The van der Waals surface area contributed by atoms with Gasteiger partial charge in [-0.3, -0.25) is 9.88 Å². The van der Waals surface area contributed by atoms with Crippen molar-refractivity contribution in [3.05, 3.63) is 88.7 Å². The van der Waals surface area contributed by atoms with Crippen molar-refractivity contribution in [2.75, 3.05) is 37.7 Å². The molecule has 0 saturated carbocycles. The molecule has 0 aliphatic carbocycles. The van der Waals surface area contributed by atoms with E-state index < -0.39 is 17.3 Å². The number of aromatic nitrogens is 1. The van der Waals surface area contributed by atoms with Gasteiger partial charge in [-0.2, -0.15) is 0 Å². The molecule has 0 bridgehead atoms. The van der Waals surface area contributed by atoms with Gasteiger partial charge < -0.3 is 25.0 Å². The zero-order valence-electron chi connectivity index (χ0n) is 22.5. The first-order valence-corrected chi connectivity index (χ1v) is 13.4. The van der Waals surface area contributed by atoms with Gasteiger partial charge in [0.2, 0.25) is 0 Å². The van der Waals surface area contributed by atoms with Crippen LogP contribution < -0.4 is 9.64 Å². The maximum Gasteiger partial charge on any atom is 0.121 e. The lowest BCUT2D eigenvalue weighted by atomic mass is 9.94. The van der Waals surface area contributed by atoms with Crippen molar-refractivity contribution in [3.8, 4) is 5.75 Å². The summed E-state index contributed by atoms with van der Waals surface area (Å²) in [5.41, 5.74) is 1.21. The minimum atomic E-state index is -1.12. The Hall–Kier alpha value is -2.68. The first-order chi connectivity index (χ1) is 17.9. The lowest BCUT2D eigenvalue weighted by Crippen LogP contribution is -2.52. The van der Waals surface area contributed by atoms with E-state index in [0.717, 1.165) is 18.8 Å². The van der Waals surface area contributed by atoms with Gasteiger partial charge in [-0.05, 0) is 51.5 Å². The molecule has 204 valence electrons. The topological polar surface area (TPSA) is 89.3 Å². The number of rotatable bonds is 9. The number of pyridine rings is 1. The Morgan fingerprint density at radius 3 is 2.39 bits per heavy atom. The Morgan fingerprint density at radius 2 is 1.79 bits per heavy atom. The zero-order valence-corrected chi connectivity index (χ0v) is 23.3. The van der Waals surface area contributed by atoms with Crippen LogP contribution in [0, 0.1) is 0 Å². The zero-order chi connectivity index (χ0) is 27.5. The van der Waals surface area contributed by atoms with Crippen LogP contribution in [-0.4, -0.2) is 64.1 Å². The normalized spacial score (nSPS) is 19.2. The number of benzene rings is 2. The molecule has 1 aliphatic rings. The molecule has 4 rings (SSSR count). The molecule has 2 heterocycles. The second-order valence-electron chi connectivity index (χ2n) is 10.9. The standard InChI is InChI=1S/C30H38ClN3O4/c1-21(35)19-38-24-11-12-26(25(31)16-24)34-15-14-33(18-27(34)22-8-6-5-7-9-22)20-30(4,37)23-10-13-28(32-17-23)29(2,3)36/h5-13,16-17,21,27,35-37H,14-15,18-20H2,1-4H3/t21-,27-,30+/m0/s1. The van der Waals surface area contributed by atoms with Crippen LogP contribution in [0.3, 0.4) is 0 Å². The summed E-state index contributed by atoms with van der Waals surface area (Å²) in [6.07, 6.45) is 1.09. The largest absolute Gasteiger partial charge is 0.491 e. The van der Waals surface area contributed by atoms with Crippen molar-refractivity contribution in [2.45, 2.75) is 51.0 Å². The molecule has 3 atom stereocenters. The van der Waals surface area contributed by atoms with Crippen molar-refractivity contribution in [3.63, 3.8) is 0 Å². The number of aliphatic hydroxyl groups is 3. The highest BCUT2D eigenvalue weighted by molar-refractivity contribution is 6.33. The predicted molar refractivity (Wildman–Crippen MR) is 151 cm³/mol. The average Bonchev–Trinajstić information content (AvgIpc) is 2.87. The number of piperazine rings is 1. The van der Waals surface area contributed by atoms with Gasteiger partial charge >= 0.3 is 0 Å². The molecule has 1 aliphatic heterocycles. The summed E-state index contributed by atoms with van der Waals surface area (Å²) in [5, 5.41) is 31.8. The maximum absolute atomic E-state index is 11.4. The summed E-state index contributed by atoms with van der Waals surface area (Å²) >= 11 is 6.74. The fraction of sp³-hybridized carbons (Fsp3) is 0.433. The summed E-state index contributed by atoms with van der Waals surface area (Å²) in [5.74, 6) is 0.620. The van der Waals surface area contributed by atoms with Gasteiger partial charge in [0.25, 0.3) is 0 Å². The van der Waals surface area contributed by atoms with Crippen molar-refractivity contribution in [2.24, 2.45) is 0 Å². The lowest BCUT2D eigenvalue weighted by molar-refractivity contribution is 0.00970. The predicted octanol–water partition coefficient (Wildman–Crippen LogP) is 4.49. The smallest absolute Gasteiger partial charge is 0.121 e. The summed E-state index contributed by atoms with van der Waals surface area (Å²) < 4.78 is 5.63. The number of hydrogen-bond donors (Lipinski definition) is 3. The maximum atomic E-state index is 11.4. The Bertz CT molecular complexity index is 1200. The molecule has 1 saturated heterocycles. The van der Waals surface area contributed by atoms with E-state index in [0.29, 0.717) is 35.1 Å². The van der Waals surface area contributed by atoms with Crippen molar-refractivity contribution in [1.82, 2.24) is 9.88 Å². The highest BCUT2D eigenvalue weighted by atomic mass is 35.5. The quantitative estimate of drug-likeness (QED) is 0.369. The van der Waals surface area contributed by atoms with Crippen LogP contribution in [0.4, 0.5) is 5.69 Å². The Labute approximate surface area is 230 Å². The van der Waals surface area contributed by atoms with E-state index in [9.17, 15) is 15.3 Å². The van der Waals surface area contributed by atoms with Crippen LogP contribution in [-0.2, 0) is 11.2 Å². The van der Waals surface area contributed by atoms with E-state index in [1.165, 1.54) is 5.56 Å². The van der Waals surface area contributed by atoms with Crippen LogP contribution in [0.2, 0.25) is 5.02 Å². The molecular formula is C30H38ClN3O4. The van der Waals surface area contributed by atoms with Crippen LogP contribution in [0.1, 0.15) is 50.6 Å². The minimum Gasteiger partial charge on any atom is -0.491 e. The molecule has 2 aromatic carbocycles. The Kier molecular flexibility index (Phi) is 8.65. The van der Waals surface area contributed by atoms with Crippen LogP contribution >= 0.6 is 11.6 Å². The minimum absolute atomic E-state index is 0.0261. The molecule has 7 nitrogen and oxygen atoms in total. The molecule has 1 aromatic heterocycles. The van der Waals surface area contributed by atoms with E-state index in [1.807, 2.05) is 36.4 Å². The number of ether oxygens (including phenoxy) is 1. The molecule has 0 unspecified atom stereocenters. The highest BCUT2D eigenvalue weighted by Crippen LogP contribution is 2.38. The second-order valence-corrected chi connectivity index (χ2v) is 11.3. The van der Waals surface area contributed by atoms with Crippen LogP contribution in [0.15, 0.2) is 66.9 Å². The number of β-amino-alcohol motifs (C(OH)–C–C–N with tert-alkyl or cyclic N) is 1. The lowest BCUT2D eigenvalue weighted by Gasteiger charge is -2.45. The number of anilines is 1. The molecule has 38 heavy (non-hydrogen) atoms. The van der Waals surface area contributed by atoms with Crippen molar-refractivity contribution >= 4 is 17.3 Å². The summed E-state index contributed by atoms with van der Waals surface area (Å²) in [6, 6.07) is 19.6. The van der Waals surface area contributed by atoms with E-state index in [4.69, 9.17) is 16.3 Å². The molecule has 0 spiro atoms. The van der Waals surface area contributed by atoms with E-state index >= 15 is 0 Å². The number of nitrogens with zero attached hydrogens (tertiary/aromatic N) is 3. The SMILES string of the molecule is C[C@H](O)COc1ccc(N2CCN(C[C@@](C)(O)c3ccc(C(C)(C)O)nc3)C[C@H]2c2ccccc2)c(Cl)c1. The molecular weight excluding hydrogens is 502 g/mol. The van der Waals surface area contributed by atoms with Crippen molar-refractivity contribution < 1.29 is 20.1 Å². The third-order valence-corrected chi connectivity index (χ3v) is 7.22. The van der Waals surface area contributed by atoms with Gasteiger partial charge in [-0.1, -0.05) is 48.0 Å². The van der Waals surface area contributed by atoms with Gasteiger partial charge in [-0.25, -0.2) is 0 Å². The molecule has 8 heteroatoms. The summed E-state index contributed by atoms with van der Waals surface area (Å²) in [6.45, 7) is 9.68. The summed E-state index contributed by atoms with van der Waals surface area (Å²) in [4.78, 5) is 8.96. The first-order valence-electron chi connectivity index (χ1n) is 13.0. The van der Waals surface area contributed by atoms with E-state index in [2.05, 4.69) is 26.9 Å². The fourth-order valence-electron chi connectivity index (χ4n) is 4.86. The molecule has 3 aromatic rings. The Balaban J connectivity index is 1.54. The van der Waals surface area contributed by atoms with E-state index in [1.54, 1.807) is 46.0 Å². The molecule has 0 radical (unpaired) electrons. The monoisotopic (exact) mass is 539 g/mol. The van der Waals surface area contributed by atoms with Crippen LogP contribution in [0.5, 0.6) is 5.75 Å². The molecule has 0 amide bonds. The Morgan fingerprint density at radius 1 is 1.05 bits per heavy atom. The van der Waals surface area contributed by atoms with Crippen LogP contribution in [0.25, 0.3) is 0 Å². The number of aliphatic hydroxyl groups excluding tert-OH is 1. The molecule has 1 fully saturated rings. The van der Waals surface area contributed by atoms with Gasteiger partial charge in [0.1, 0.15) is 23.6 Å². The summed E-state index contributed by atoms with van der Waals surface area (Å²) in [7, 11) is 0. The van der Waals surface area contributed by atoms with Gasteiger partial charge in [0.05, 0.1) is 28.5 Å².